The lowest BCUT2D eigenvalue weighted by molar-refractivity contribution is 0.636. The summed E-state index contributed by atoms with van der Waals surface area (Å²) in [5.74, 6) is 0. The van der Waals surface area contributed by atoms with Gasteiger partial charge in [0.25, 0.3) is 0 Å². The summed E-state index contributed by atoms with van der Waals surface area (Å²) in [6.45, 7) is 0. The van der Waals surface area contributed by atoms with E-state index in [2.05, 4.69) is 0 Å². The molecule has 0 amide bonds. The quantitative estimate of drug-likeness (QED) is 0.321. The maximum atomic E-state index is 9.50. The Kier molecular flexibility index (Phi) is 720. The third kappa shape index (κ3) is 27.5. The standard InChI is InChI=1S/CH3F.Al.H2O.3H/c1-2;;;;;/h1H3;;1H2;;;. The summed E-state index contributed by atoms with van der Waals surface area (Å²) in [7, 11) is 0.500. The zero-order chi connectivity index (χ0) is 2.00. The number of hydrogen-bond donors (Lipinski definition) is 0. The molecule has 0 aliphatic carbocycles. The third-order valence-electron chi connectivity index (χ3n) is 0. The summed E-state index contributed by atoms with van der Waals surface area (Å²) in [4.78, 5) is 0. The molecular weight excluding hydrogens is 74.0 g/mol. The Morgan fingerprint density at radius 3 is 1.25 bits per heavy atom. The number of rotatable bonds is 0. The molecule has 0 saturated carbocycles. The highest BCUT2D eigenvalue weighted by Gasteiger charge is 0.926. The zero-order valence-corrected chi connectivity index (χ0v) is 1.88. The summed E-state index contributed by atoms with van der Waals surface area (Å²) >= 11 is 0. The molecule has 0 fully saturated rings. The minimum absolute atomic E-state index is 0. The summed E-state index contributed by atoms with van der Waals surface area (Å²) in [5.41, 5.74) is 0. The van der Waals surface area contributed by atoms with Crippen molar-refractivity contribution in [3.8, 4) is 0 Å². The highest BCUT2D eigenvalue weighted by atomic mass is 27.0. The van der Waals surface area contributed by atoms with E-state index in [0.29, 0.717) is 7.18 Å². The Balaban J connectivity index is -0.00000000500. The normalized spacial score (nSPS) is 1.50. The second-order valence-corrected chi connectivity index (χ2v) is 0. The van der Waals surface area contributed by atoms with Crippen molar-refractivity contribution in [2.45, 2.75) is 0 Å². The van der Waals surface area contributed by atoms with Gasteiger partial charge in [-0.1, -0.05) is 0 Å². The molecular formula is CH8AlFO. The maximum Gasteiger partial charge on any atom is 0.187 e. The molecule has 0 aliphatic rings. The second kappa shape index (κ2) is 113. The first-order chi connectivity index (χ1) is 1.00. The number of alkyl halides is 1. The van der Waals surface area contributed by atoms with Gasteiger partial charge in [-0.25, -0.2) is 0 Å². The van der Waals surface area contributed by atoms with Gasteiger partial charge in [-0.3, -0.25) is 4.39 Å². The van der Waals surface area contributed by atoms with E-state index in [9.17, 15) is 4.39 Å². The van der Waals surface area contributed by atoms with Crippen molar-refractivity contribution in [2.75, 3.05) is 7.18 Å². The molecule has 0 aromatic heterocycles. The minimum Gasteiger partial charge on any atom is -0.412 e. The van der Waals surface area contributed by atoms with Gasteiger partial charge in [-0.15, -0.1) is 0 Å². The van der Waals surface area contributed by atoms with E-state index < -0.39 is 0 Å². The molecule has 28 valence electrons. The molecule has 3 heteroatoms. The molecule has 0 radical (unpaired) electrons. The van der Waals surface area contributed by atoms with E-state index in [4.69, 9.17) is 0 Å². The van der Waals surface area contributed by atoms with Gasteiger partial charge in [-0.05, 0) is 0 Å². The van der Waals surface area contributed by atoms with Gasteiger partial charge in [0.05, 0.1) is 7.18 Å². The Labute approximate surface area is 35.3 Å². The molecule has 4 heavy (non-hydrogen) atoms. The minimum atomic E-state index is 0. The maximum absolute atomic E-state index is 9.50. The molecule has 0 saturated heterocycles. The van der Waals surface area contributed by atoms with Gasteiger partial charge in [-0.2, -0.15) is 0 Å². The van der Waals surface area contributed by atoms with Crippen LogP contribution in [0.15, 0.2) is 0 Å². The lowest BCUT2D eigenvalue weighted by atomic mass is 11.9. The molecule has 0 atom stereocenters. The molecule has 0 bridgehead atoms. The van der Waals surface area contributed by atoms with Crippen molar-refractivity contribution < 1.29 is 9.87 Å². The van der Waals surface area contributed by atoms with Gasteiger partial charge in [0, 0.05) is 0 Å². The average Bonchev–Trinajstić information content (AvgIpc) is 1.00. The SMILES string of the molecule is CF.O.[AlH3]. The number of hydrogen-bond acceptors (Lipinski definition) is 0. The Morgan fingerprint density at radius 2 is 1.25 bits per heavy atom. The van der Waals surface area contributed by atoms with Crippen LogP contribution in [0.3, 0.4) is 0 Å². The average molecular weight is 82.1 g/mol. The smallest absolute Gasteiger partial charge is 0.187 e. The largest absolute Gasteiger partial charge is 0.412 e. The van der Waals surface area contributed by atoms with Crippen LogP contribution in [-0.2, 0) is 0 Å². The summed E-state index contributed by atoms with van der Waals surface area (Å²) in [5, 5.41) is 0. The summed E-state index contributed by atoms with van der Waals surface area (Å²) in [6.07, 6.45) is 0. The van der Waals surface area contributed by atoms with Gasteiger partial charge >= 0.3 is 0 Å². The molecule has 0 rings (SSSR count). The molecule has 2 N–H and O–H groups in total. The topological polar surface area (TPSA) is 31.5 Å². The van der Waals surface area contributed by atoms with Crippen LogP contribution >= 0.6 is 0 Å². The van der Waals surface area contributed by atoms with Crippen molar-refractivity contribution in [1.29, 1.82) is 0 Å². The fourth-order valence-corrected chi connectivity index (χ4v) is 0. The van der Waals surface area contributed by atoms with Crippen LogP contribution in [0, 0.1) is 0 Å². The fraction of sp³-hybridized carbons (Fsp3) is 1.00. The first-order valence-electron chi connectivity index (χ1n) is 0.378. The monoisotopic (exact) mass is 82.0 g/mol. The van der Waals surface area contributed by atoms with Crippen LogP contribution in [-0.4, -0.2) is 30.0 Å². The van der Waals surface area contributed by atoms with E-state index in [1.54, 1.807) is 0 Å². The van der Waals surface area contributed by atoms with E-state index in [-0.39, 0.29) is 22.8 Å². The van der Waals surface area contributed by atoms with Crippen molar-refractivity contribution >= 4 is 17.4 Å². The molecule has 0 aliphatic heterocycles. The molecule has 0 spiro atoms. The van der Waals surface area contributed by atoms with Crippen LogP contribution in [0.25, 0.3) is 0 Å². The second-order valence-electron chi connectivity index (χ2n) is 0. The third-order valence-corrected chi connectivity index (χ3v) is 0. The van der Waals surface area contributed by atoms with Crippen LogP contribution in [0.2, 0.25) is 0 Å². The lowest BCUT2D eigenvalue weighted by Crippen LogP contribution is -0.939. The zero-order valence-electron chi connectivity index (χ0n) is 1.88. The number of halogens is 1. The summed E-state index contributed by atoms with van der Waals surface area (Å²) in [6, 6.07) is 0. The van der Waals surface area contributed by atoms with Crippen molar-refractivity contribution in [1.82, 2.24) is 0 Å². The predicted octanol–water partition coefficient (Wildman–Crippen LogP) is -1.42. The first-order valence-corrected chi connectivity index (χ1v) is 0.378. The predicted molar refractivity (Wildman–Crippen MR) is 20.6 cm³/mol. The molecule has 0 unspecified atom stereocenters. The van der Waals surface area contributed by atoms with Crippen LogP contribution in [0.1, 0.15) is 0 Å². The van der Waals surface area contributed by atoms with Crippen molar-refractivity contribution in [3.05, 3.63) is 0 Å². The van der Waals surface area contributed by atoms with Crippen LogP contribution < -0.4 is 0 Å². The Morgan fingerprint density at radius 1 is 1.25 bits per heavy atom. The summed E-state index contributed by atoms with van der Waals surface area (Å²) < 4.78 is 9.50. The lowest BCUT2D eigenvalue weighted by Gasteiger charge is -1.10. The van der Waals surface area contributed by atoms with E-state index in [1.165, 1.54) is 0 Å². The van der Waals surface area contributed by atoms with E-state index in [1.807, 2.05) is 0 Å². The van der Waals surface area contributed by atoms with Crippen LogP contribution in [0.4, 0.5) is 4.39 Å². The van der Waals surface area contributed by atoms with Gasteiger partial charge in [0.2, 0.25) is 0 Å². The van der Waals surface area contributed by atoms with E-state index in [0.717, 1.165) is 0 Å². The van der Waals surface area contributed by atoms with Crippen molar-refractivity contribution in [3.63, 3.8) is 0 Å². The molecule has 1 nitrogen and oxygen atoms in total. The molecule has 0 aromatic carbocycles. The highest BCUT2D eigenvalue weighted by molar-refractivity contribution is 5.75. The first kappa shape index (κ1) is 25.6. The van der Waals surface area contributed by atoms with Gasteiger partial charge in [0.1, 0.15) is 0 Å². The molecule has 0 heterocycles. The Hall–Kier alpha value is 0.422. The van der Waals surface area contributed by atoms with Crippen LogP contribution in [0.5, 0.6) is 0 Å². The Bertz CT molecular complexity index is 8.00. The molecule has 0 aromatic rings. The van der Waals surface area contributed by atoms with Gasteiger partial charge < -0.3 is 5.48 Å². The van der Waals surface area contributed by atoms with Gasteiger partial charge in [0.15, 0.2) is 17.4 Å². The van der Waals surface area contributed by atoms with Crippen molar-refractivity contribution in [2.24, 2.45) is 0 Å². The highest BCUT2D eigenvalue weighted by Crippen LogP contribution is 1.16. The fourth-order valence-electron chi connectivity index (χ4n) is 0. The van der Waals surface area contributed by atoms with E-state index >= 15 is 0 Å².